The Morgan fingerprint density at radius 2 is 2.14 bits per heavy atom. The third-order valence-corrected chi connectivity index (χ3v) is 3.06. The fraction of sp³-hybridized carbons (Fsp3) is 0.400. The van der Waals surface area contributed by atoms with Crippen molar-refractivity contribution in [3.05, 3.63) is 41.5 Å². The van der Waals surface area contributed by atoms with Gasteiger partial charge in [0.25, 0.3) is 0 Å². The lowest BCUT2D eigenvalue weighted by molar-refractivity contribution is -0.117. The van der Waals surface area contributed by atoms with E-state index < -0.39 is 0 Å². The third kappa shape index (κ3) is 4.39. The van der Waals surface area contributed by atoms with E-state index in [1.807, 2.05) is 36.2 Å². The Morgan fingerprint density at radius 1 is 1.38 bits per heavy atom. The van der Waals surface area contributed by atoms with E-state index in [2.05, 4.69) is 22.4 Å². The van der Waals surface area contributed by atoms with Gasteiger partial charge in [0.15, 0.2) is 5.82 Å². The summed E-state index contributed by atoms with van der Waals surface area (Å²) in [5, 5.41) is 6.66. The molecule has 112 valence electrons. The zero-order chi connectivity index (χ0) is 15.2. The summed E-state index contributed by atoms with van der Waals surface area (Å²) in [4.78, 5) is 18.0. The van der Waals surface area contributed by atoms with E-state index in [0.717, 1.165) is 17.7 Å². The molecular formula is C15H20N4O2. The summed E-state index contributed by atoms with van der Waals surface area (Å²) >= 11 is 0. The largest absolute Gasteiger partial charge is 0.338 e. The van der Waals surface area contributed by atoms with Crippen LogP contribution in [-0.2, 0) is 17.8 Å². The number of carbonyl (C=O) groups excluding carboxylic acids is 1. The van der Waals surface area contributed by atoms with E-state index in [4.69, 9.17) is 4.52 Å². The zero-order valence-electron chi connectivity index (χ0n) is 12.6. The van der Waals surface area contributed by atoms with Crippen molar-refractivity contribution in [1.29, 1.82) is 0 Å². The fourth-order valence-electron chi connectivity index (χ4n) is 2.08. The molecule has 6 heteroatoms. The van der Waals surface area contributed by atoms with Crippen molar-refractivity contribution in [2.75, 3.05) is 18.9 Å². The molecule has 0 saturated heterocycles. The second kappa shape index (κ2) is 6.99. The molecule has 0 spiro atoms. The molecule has 6 nitrogen and oxygen atoms in total. The molecule has 0 radical (unpaired) electrons. The van der Waals surface area contributed by atoms with Gasteiger partial charge in [-0.3, -0.25) is 9.69 Å². The SMILES string of the molecule is CCc1ccccc1NC(=O)CN(C)Cc1nc(C)no1. The molecule has 21 heavy (non-hydrogen) atoms. The molecule has 1 aromatic heterocycles. The molecule has 0 fully saturated rings. The second-order valence-corrected chi connectivity index (χ2v) is 4.97. The number of benzene rings is 1. The number of nitrogens with zero attached hydrogens (tertiary/aromatic N) is 3. The lowest BCUT2D eigenvalue weighted by Crippen LogP contribution is -2.30. The molecule has 1 N–H and O–H groups in total. The Balaban J connectivity index is 1.89. The van der Waals surface area contributed by atoms with Gasteiger partial charge in [0, 0.05) is 5.69 Å². The molecule has 1 aromatic carbocycles. The zero-order valence-corrected chi connectivity index (χ0v) is 12.6. The van der Waals surface area contributed by atoms with Crippen LogP contribution in [0.3, 0.4) is 0 Å². The molecule has 0 aliphatic rings. The minimum Gasteiger partial charge on any atom is -0.338 e. The first-order valence-corrected chi connectivity index (χ1v) is 6.94. The molecule has 2 rings (SSSR count). The predicted molar refractivity (Wildman–Crippen MR) is 79.8 cm³/mol. The van der Waals surface area contributed by atoms with Crippen LogP contribution in [0.25, 0.3) is 0 Å². The Morgan fingerprint density at radius 3 is 2.81 bits per heavy atom. The van der Waals surface area contributed by atoms with E-state index >= 15 is 0 Å². The third-order valence-electron chi connectivity index (χ3n) is 3.06. The van der Waals surface area contributed by atoms with Crippen LogP contribution < -0.4 is 5.32 Å². The highest BCUT2D eigenvalue weighted by molar-refractivity contribution is 5.92. The normalized spacial score (nSPS) is 10.9. The van der Waals surface area contributed by atoms with Crippen LogP contribution in [0.5, 0.6) is 0 Å². The molecule has 0 atom stereocenters. The summed E-state index contributed by atoms with van der Waals surface area (Å²) < 4.78 is 5.04. The molecule has 1 heterocycles. The van der Waals surface area contributed by atoms with Crippen LogP contribution >= 0.6 is 0 Å². The number of aryl methyl sites for hydroxylation is 2. The lowest BCUT2D eigenvalue weighted by atomic mass is 10.1. The van der Waals surface area contributed by atoms with Crippen molar-refractivity contribution >= 4 is 11.6 Å². The second-order valence-electron chi connectivity index (χ2n) is 4.97. The van der Waals surface area contributed by atoms with Gasteiger partial charge in [-0.25, -0.2) is 0 Å². The molecule has 1 amide bonds. The van der Waals surface area contributed by atoms with Gasteiger partial charge in [-0.1, -0.05) is 30.3 Å². The van der Waals surface area contributed by atoms with Crippen molar-refractivity contribution < 1.29 is 9.32 Å². The van der Waals surface area contributed by atoms with Crippen LogP contribution in [0.4, 0.5) is 5.69 Å². The van der Waals surface area contributed by atoms with Gasteiger partial charge in [-0.2, -0.15) is 4.98 Å². The van der Waals surface area contributed by atoms with E-state index in [-0.39, 0.29) is 12.5 Å². The van der Waals surface area contributed by atoms with E-state index in [0.29, 0.717) is 18.3 Å². The van der Waals surface area contributed by atoms with Gasteiger partial charge in [-0.05, 0) is 32.0 Å². The fourth-order valence-corrected chi connectivity index (χ4v) is 2.08. The van der Waals surface area contributed by atoms with Crippen LogP contribution in [0, 0.1) is 6.92 Å². The maximum atomic E-state index is 12.1. The number of anilines is 1. The number of hydrogen-bond donors (Lipinski definition) is 1. The van der Waals surface area contributed by atoms with Gasteiger partial charge in [0.05, 0.1) is 13.1 Å². The van der Waals surface area contributed by atoms with Crippen molar-refractivity contribution in [2.24, 2.45) is 0 Å². The van der Waals surface area contributed by atoms with Crippen molar-refractivity contribution in [3.63, 3.8) is 0 Å². The highest BCUT2D eigenvalue weighted by Crippen LogP contribution is 2.15. The van der Waals surface area contributed by atoms with E-state index in [9.17, 15) is 4.79 Å². The summed E-state index contributed by atoms with van der Waals surface area (Å²) in [6.07, 6.45) is 0.882. The number of amides is 1. The molecule has 0 saturated carbocycles. The smallest absolute Gasteiger partial charge is 0.240 e. The first-order chi connectivity index (χ1) is 10.1. The highest BCUT2D eigenvalue weighted by atomic mass is 16.5. The van der Waals surface area contributed by atoms with Gasteiger partial charge in [0.1, 0.15) is 0 Å². The molecule has 0 aliphatic heterocycles. The van der Waals surface area contributed by atoms with Crippen molar-refractivity contribution in [1.82, 2.24) is 15.0 Å². The number of para-hydroxylation sites is 1. The highest BCUT2D eigenvalue weighted by Gasteiger charge is 2.12. The van der Waals surface area contributed by atoms with Gasteiger partial charge < -0.3 is 9.84 Å². The predicted octanol–water partition coefficient (Wildman–Crippen LogP) is 2.01. The van der Waals surface area contributed by atoms with Crippen LogP contribution in [0.2, 0.25) is 0 Å². The van der Waals surface area contributed by atoms with Crippen molar-refractivity contribution in [2.45, 2.75) is 26.8 Å². The number of hydrogen-bond acceptors (Lipinski definition) is 5. The minimum atomic E-state index is -0.0605. The summed E-state index contributed by atoms with van der Waals surface area (Å²) in [5.41, 5.74) is 1.99. The maximum Gasteiger partial charge on any atom is 0.240 e. The van der Waals surface area contributed by atoms with Gasteiger partial charge >= 0.3 is 0 Å². The molecule has 0 unspecified atom stereocenters. The van der Waals surface area contributed by atoms with Gasteiger partial charge in [-0.15, -0.1) is 0 Å². The first kappa shape index (κ1) is 15.2. The van der Waals surface area contributed by atoms with Crippen LogP contribution in [0.15, 0.2) is 28.8 Å². The number of nitrogens with one attached hydrogen (secondary N) is 1. The summed E-state index contributed by atoms with van der Waals surface area (Å²) in [7, 11) is 1.84. The van der Waals surface area contributed by atoms with E-state index in [1.165, 1.54) is 0 Å². The standard InChI is InChI=1S/C15H20N4O2/c1-4-12-7-5-6-8-13(12)17-14(20)9-19(3)10-15-16-11(2)18-21-15/h5-8H,4,9-10H2,1-3H3,(H,17,20). The number of likely N-dealkylation sites (N-methyl/N-ethyl adjacent to an activating group) is 1. The summed E-state index contributed by atoms with van der Waals surface area (Å²) in [6.45, 7) is 4.54. The topological polar surface area (TPSA) is 71.3 Å². The lowest BCUT2D eigenvalue weighted by Gasteiger charge is -2.15. The molecule has 2 aromatic rings. The van der Waals surface area contributed by atoms with Crippen LogP contribution in [0.1, 0.15) is 24.2 Å². The first-order valence-electron chi connectivity index (χ1n) is 6.94. The average molecular weight is 288 g/mol. The van der Waals surface area contributed by atoms with Gasteiger partial charge in [0.2, 0.25) is 11.8 Å². The molecular weight excluding hydrogens is 268 g/mol. The average Bonchev–Trinajstić information content (AvgIpc) is 2.84. The Bertz CT molecular complexity index is 609. The van der Waals surface area contributed by atoms with E-state index in [1.54, 1.807) is 6.92 Å². The van der Waals surface area contributed by atoms with Crippen LogP contribution in [-0.4, -0.2) is 34.5 Å². The monoisotopic (exact) mass is 288 g/mol. The van der Waals surface area contributed by atoms with Crippen molar-refractivity contribution in [3.8, 4) is 0 Å². The quantitative estimate of drug-likeness (QED) is 0.880. The number of carbonyl (C=O) groups is 1. The number of rotatable bonds is 6. The Hall–Kier alpha value is -2.21. The Labute approximate surface area is 124 Å². The maximum absolute atomic E-state index is 12.1. The minimum absolute atomic E-state index is 0.0605. The molecule has 0 aliphatic carbocycles. The molecule has 0 bridgehead atoms. The summed E-state index contributed by atoms with van der Waals surface area (Å²) in [5.74, 6) is 1.05. The Kier molecular flexibility index (Phi) is 5.05. The summed E-state index contributed by atoms with van der Waals surface area (Å²) in [6, 6.07) is 7.82. The number of aromatic nitrogens is 2.